The first kappa shape index (κ1) is 26.3. The Hall–Kier alpha value is -2.00. The Bertz CT molecular complexity index is 656. The first-order valence-corrected chi connectivity index (χ1v) is 12.1. The lowest BCUT2D eigenvalue weighted by molar-refractivity contribution is 0.0696. The van der Waals surface area contributed by atoms with Crippen molar-refractivity contribution in [2.45, 2.75) is 57.8 Å². The molecule has 8 heteroatoms. The second kappa shape index (κ2) is 15.7. The molecule has 2 rings (SSSR count). The molecule has 32 heavy (non-hydrogen) atoms. The summed E-state index contributed by atoms with van der Waals surface area (Å²) in [6.07, 6.45) is 10.1. The molecule has 180 valence electrons. The van der Waals surface area contributed by atoms with E-state index in [1.165, 1.54) is 38.2 Å². The van der Waals surface area contributed by atoms with Crippen LogP contribution in [0.4, 0.5) is 0 Å². The van der Waals surface area contributed by atoms with Gasteiger partial charge in [0.15, 0.2) is 0 Å². The number of carbonyl (C=O) groups is 2. The highest BCUT2D eigenvalue weighted by atomic mass is 16.4. The third-order valence-electron chi connectivity index (χ3n) is 5.80. The molecule has 0 aromatic heterocycles. The van der Waals surface area contributed by atoms with Crippen LogP contribution in [0.25, 0.3) is 0 Å². The van der Waals surface area contributed by atoms with Gasteiger partial charge in [-0.2, -0.15) is 0 Å². The summed E-state index contributed by atoms with van der Waals surface area (Å²) in [4.78, 5) is 22.4. The molecule has 1 fully saturated rings. The Morgan fingerprint density at radius 2 is 1.25 bits per heavy atom. The summed E-state index contributed by atoms with van der Waals surface area (Å²) in [5.41, 5.74) is 4.39. The average Bonchev–Trinajstić information content (AvgIpc) is 2.78. The van der Waals surface area contributed by atoms with Gasteiger partial charge in [0.1, 0.15) is 0 Å². The van der Waals surface area contributed by atoms with Crippen LogP contribution in [0, 0.1) is 0 Å². The van der Waals surface area contributed by atoms with E-state index >= 15 is 0 Å². The van der Waals surface area contributed by atoms with Gasteiger partial charge < -0.3 is 20.8 Å². The Kier molecular flexibility index (Phi) is 12.9. The van der Waals surface area contributed by atoms with Crippen molar-refractivity contribution < 1.29 is 19.8 Å². The second-order valence-electron chi connectivity index (χ2n) is 8.50. The lowest BCUT2D eigenvalue weighted by atomic mass is 10.00. The number of aromatic carboxylic acids is 2. The van der Waals surface area contributed by atoms with Crippen LogP contribution in [0.15, 0.2) is 18.2 Å². The molecule has 1 aromatic carbocycles. The van der Waals surface area contributed by atoms with Gasteiger partial charge in [-0.1, -0.05) is 38.5 Å². The van der Waals surface area contributed by atoms with Crippen molar-refractivity contribution in [2.75, 3.05) is 45.8 Å². The molecule has 1 aliphatic heterocycles. The number of rotatable bonds is 13. The Morgan fingerprint density at radius 3 is 1.88 bits per heavy atom. The summed E-state index contributed by atoms with van der Waals surface area (Å²) < 4.78 is 0. The normalized spacial score (nSPS) is 16.0. The van der Waals surface area contributed by atoms with Crippen molar-refractivity contribution in [3.05, 3.63) is 34.9 Å². The van der Waals surface area contributed by atoms with Gasteiger partial charge in [-0.25, -0.2) is 14.6 Å². The van der Waals surface area contributed by atoms with E-state index in [9.17, 15) is 9.59 Å². The molecule has 0 atom stereocenters. The van der Waals surface area contributed by atoms with E-state index in [0.717, 1.165) is 70.6 Å². The topological polar surface area (TPSA) is 114 Å². The highest BCUT2D eigenvalue weighted by Gasteiger charge is 2.11. The van der Waals surface area contributed by atoms with Crippen molar-refractivity contribution in [1.82, 2.24) is 21.1 Å². The fourth-order valence-electron chi connectivity index (χ4n) is 3.99. The smallest absolute Gasteiger partial charge is 0.335 e. The summed E-state index contributed by atoms with van der Waals surface area (Å²) in [7, 11) is 0. The van der Waals surface area contributed by atoms with Crippen molar-refractivity contribution in [1.29, 1.82) is 0 Å². The number of carboxylic acid groups (broad SMARTS) is 2. The van der Waals surface area contributed by atoms with Gasteiger partial charge in [-0.05, 0) is 43.0 Å². The maximum absolute atomic E-state index is 11.2. The number of benzene rings is 1. The lowest BCUT2D eigenvalue weighted by Crippen LogP contribution is -2.47. The number of hydrogen-bond donors (Lipinski definition) is 5. The fraction of sp³-hybridized carbons (Fsp3) is 0.667. The zero-order valence-electron chi connectivity index (χ0n) is 19.2. The summed E-state index contributed by atoms with van der Waals surface area (Å²) in [6, 6.07) is 4.40. The number of carboxylic acids is 2. The third-order valence-corrected chi connectivity index (χ3v) is 5.80. The van der Waals surface area contributed by atoms with E-state index < -0.39 is 11.9 Å². The summed E-state index contributed by atoms with van der Waals surface area (Å²) in [5.74, 6) is -2.17. The van der Waals surface area contributed by atoms with Gasteiger partial charge >= 0.3 is 11.9 Å². The van der Waals surface area contributed by atoms with Gasteiger partial charge in [0, 0.05) is 45.8 Å². The summed E-state index contributed by atoms with van der Waals surface area (Å²) >= 11 is 0. The van der Waals surface area contributed by atoms with Crippen LogP contribution < -0.4 is 16.1 Å². The minimum Gasteiger partial charge on any atom is -0.478 e. The van der Waals surface area contributed by atoms with Crippen molar-refractivity contribution in [3.8, 4) is 0 Å². The SMILES string of the molecule is O=C(O)c1cc(CCCCCCCCCCN2CCNCCNCCN2)cc(C(=O)O)c1. The summed E-state index contributed by atoms with van der Waals surface area (Å²) in [6.45, 7) is 7.21. The van der Waals surface area contributed by atoms with Gasteiger partial charge in [0.25, 0.3) is 0 Å². The average molecular weight is 449 g/mol. The largest absolute Gasteiger partial charge is 0.478 e. The molecule has 0 saturated carbocycles. The third kappa shape index (κ3) is 11.0. The molecule has 0 spiro atoms. The highest BCUT2D eigenvalue weighted by Crippen LogP contribution is 2.15. The minimum absolute atomic E-state index is 0.0461. The standard InChI is InChI=1S/C24H40N4O4/c29-23(30)21-17-20(18-22(19-21)24(31)32)9-7-5-3-1-2-4-6-8-15-28-16-14-26-11-10-25-12-13-27-28/h17-19,25-27H,1-16H2,(H,29,30)(H,31,32). The van der Waals surface area contributed by atoms with E-state index in [4.69, 9.17) is 10.2 Å². The number of aryl methyl sites for hydroxylation is 1. The van der Waals surface area contributed by atoms with E-state index in [1.54, 1.807) is 12.1 Å². The molecule has 1 aliphatic rings. The Labute approximate surface area is 191 Å². The van der Waals surface area contributed by atoms with E-state index in [1.807, 2.05) is 0 Å². The van der Waals surface area contributed by atoms with Gasteiger partial charge in [0.05, 0.1) is 11.1 Å². The summed E-state index contributed by atoms with van der Waals surface area (Å²) in [5, 5.41) is 27.5. The quantitative estimate of drug-likeness (QED) is 0.293. The predicted octanol–water partition coefficient (Wildman–Crippen LogP) is 2.75. The molecule has 1 heterocycles. The molecule has 1 saturated heterocycles. The molecule has 0 aliphatic carbocycles. The van der Waals surface area contributed by atoms with Crippen LogP contribution in [0.1, 0.15) is 77.6 Å². The number of hydrazine groups is 1. The molecule has 0 amide bonds. The van der Waals surface area contributed by atoms with Gasteiger partial charge in [-0.15, -0.1) is 0 Å². The number of nitrogens with zero attached hydrogens (tertiary/aromatic N) is 1. The van der Waals surface area contributed by atoms with Crippen LogP contribution in [0.3, 0.4) is 0 Å². The van der Waals surface area contributed by atoms with Crippen LogP contribution in [0.2, 0.25) is 0 Å². The monoisotopic (exact) mass is 448 g/mol. The second-order valence-corrected chi connectivity index (χ2v) is 8.50. The molecule has 0 bridgehead atoms. The first-order chi connectivity index (χ1) is 15.6. The first-order valence-electron chi connectivity index (χ1n) is 12.1. The molecule has 0 unspecified atom stereocenters. The van der Waals surface area contributed by atoms with Gasteiger partial charge in [-0.3, -0.25) is 5.43 Å². The predicted molar refractivity (Wildman–Crippen MR) is 126 cm³/mol. The number of unbranched alkanes of at least 4 members (excludes halogenated alkanes) is 7. The number of hydrogen-bond acceptors (Lipinski definition) is 6. The Morgan fingerprint density at radius 1 is 0.719 bits per heavy atom. The van der Waals surface area contributed by atoms with Crippen LogP contribution >= 0.6 is 0 Å². The fourth-order valence-corrected chi connectivity index (χ4v) is 3.99. The number of nitrogens with one attached hydrogen (secondary N) is 3. The molecular formula is C24H40N4O4. The van der Waals surface area contributed by atoms with Crippen molar-refractivity contribution in [3.63, 3.8) is 0 Å². The van der Waals surface area contributed by atoms with Crippen LogP contribution in [-0.2, 0) is 6.42 Å². The maximum atomic E-state index is 11.2. The Balaban J connectivity index is 1.52. The molecular weight excluding hydrogens is 408 g/mol. The van der Waals surface area contributed by atoms with Crippen LogP contribution in [-0.4, -0.2) is 73.0 Å². The molecule has 5 N–H and O–H groups in total. The molecule has 1 aromatic rings. The maximum Gasteiger partial charge on any atom is 0.335 e. The van der Waals surface area contributed by atoms with Crippen molar-refractivity contribution >= 4 is 11.9 Å². The van der Waals surface area contributed by atoms with Crippen molar-refractivity contribution in [2.24, 2.45) is 0 Å². The van der Waals surface area contributed by atoms with Crippen LogP contribution in [0.5, 0.6) is 0 Å². The highest BCUT2D eigenvalue weighted by molar-refractivity contribution is 5.94. The van der Waals surface area contributed by atoms with E-state index in [-0.39, 0.29) is 11.1 Å². The minimum atomic E-state index is -1.09. The lowest BCUT2D eigenvalue weighted by Gasteiger charge is -2.25. The van der Waals surface area contributed by atoms with E-state index in [0.29, 0.717) is 6.42 Å². The molecule has 0 radical (unpaired) electrons. The molecule has 8 nitrogen and oxygen atoms in total. The zero-order valence-corrected chi connectivity index (χ0v) is 19.2. The van der Waals surface area contributed by atoms with Gasteiger partial charge in [0.2, 0.25) is 0 Å². The zero-order chi connectivity index (χ0) is 23.0. The van der Waals surface area contributed by atoms with E-state index in [2.05, 4.69) is 21.1 Å².